The van der Waals surface area contributed by atoms with E-state index in [9.17, 15) is 4.39 Å². The van der Waals surface area contributed by atoms with Crippen LogP contribution in [0.25, 0.3) is 21.9 Å². The molecule has 0 amide bonds. The summed E-state index contributed by atoms with van der Waals surface area (Å²) in [5, 5.41) is 1.74. The maximum atomic E-state index is 14.3. The summed E-state index contributed by atoms with van der Waals surface area (Å²) < 4.78 is 24.9. The Balaban J connectivity index is 2.00. The molecule has 1 aromatic heterocycles. The van der Waals surface area contributed by atoms with Crippen molar-refractivity contribution in [1.82, 2.24) is 4.98 Å². The zero-order valence-electron chi connectivity index (χ0n) is 10.5. The van der Waals surface area contributed by atoms with Crippen LogP contribution in [0, 0.1) is 5.82 Å². The Morgan fingerprint density at radius 2 is 1.90 bits per heavy atom. The van der Waals surface area contributed by atoms with Crippen LogP contribution >= 0.6 is 0 Å². The van der Waals surface area contributed by atoms with Crippen molar-refractivity contribution in [2.75, 3.05) is 6.79 Å². The Labute approximate surface area is 114 Å². The zero-order valence-corrected chi connectivity index (χ0v) is 10.5. The first-order valence-corrected chi connectivity index (χ1v) is 6.25. The third-order valence-corrected chi connectivity index (χ3v) is 3.43. The van der Waals surface area contributed by atoms with Crippen molar-refractivity contribution in [3.63, 3.8) is 0 Å². The lowest BCUT2D eigenvalue weighted by molar-refractivity contribution is 0.174. The van der Waals surface area contributed by atoms with Gasteiger partial charge < -0.3 is 9.47 Å². The van der Waals surface area contributed by atoms with Gasteiger partial charge >= 0.3 is 0 Å². The van der Waals surface area contributed by atoms with Crippen LogP contribution in [0.15, 0.2) is 48.8 Å². The molecule has 0 unspecified atom stereocenters. The summed E-state index contributed by atoms with van der Waals surface area (Å²) in [6, 6.07) is 10.5. The van der Waals surface area contributed by atoms with E-state index in [1.165, 1.54) is 6.07 Å². The standard InChI is InChI=1S/C16H10FNO2/c17-13-3-1-11-8-18-6-5-12(11)16(13)10-2-4-14-15(7-10)20-9-19-14/h1-8H,9H2. The second-order valence-electron chi connectivity index (χ2n) is 4.59. The number of pyridine rings is 1. The Bertz CT molecular complexity index is 817. The van der Waals surface area contributed by atoms with Crippen molar-refractivity contribution < 1.29 is 13.9 Å². The van der Waals surface area contributed by atoms with Crippen LogP contribution in [-0.2, 0) is 0 Å². The molecular formula is C16H10FNO2. The predicted molar refractivity (Wildman–Crippen MR) is 73.3 cm³/mol. The number of halogens is 1. The normalized spacial score (nSPS) is 12.8. The molecule has 0 aliphatic carbocycles. The summed E-state index contributed by atoms with van der Waals surface area (Å²) >= 11 is 0. The van der Waals surface area contributed by atoms with E-state index in [1.54, 1.807) is 30.6 Å². The van der Waals surface area contributed by atoms with Crippen LogP contribution in [0.1, 0.15) is 0 Å². The van der Waals surface area contributed by atoms with Crippen LogP contribution in [0.2, 0.25) is 0 Å². The average Bonchev–Trinajstić information content (AvgIpc) is 2.94. The van der Waals surface area contributed by atoms with Crippen LogP contribution in [-0.4, -0.2) is 11.8 Å². The number of benzene rings is 2. The van der Waals surface area contributed by atoms with E-state index >= 15 is 0 Å². The highest BCUT2D eigenvalue weighted by Gasteiger charge is 2.16. The van der Waals surface area contributed by atoms with Gasteiger partial charge in [0.1, 0.15) is 5.82 Å². The van der Waals surface area contributed by atoms with Gasteiger partial charge in [-0.2, -0.15) is 0 Å². The highest BCUT2D eigenvalue weighted by atomic mass is 19.1. The minimum Gasteiger partial charge on any atom is -0.454 e. The van der Waals surface area contributed by atoms with Crippen LogP contribution in [0.3, 0.4) is 0 Å². The highest BCUT2D eigenvalue weighted by molar-refractivity contribution is 5.96. The molecule has 4 rings (SSSR count). The maximum absolute atomic E-state index is 14.3. The molecule has 2 heterocycles. The maximum Gasteiger partial charge on any atom is 0.231 e. The van der Waals surface area contributed by atoms with Gasteiger partial charge in [-0.3, -0.25) is 4.98 Å². The lowest BCUT2D eigenvalue weighted by Crippen LogP contribution is -1.92. The molecule has 0 fully saturated rings. The van der Waals surface area contributed by atoms with E-state index in [4.69, 9.17) is 9.47 Å². The van der Waals surface area contributed by atoms with Crippen molar-refractivity contribution in [3.05, 3.63) is 54.6 Å². The smallest absolute Gasteiger partial charge is 0.231 e. The molecule has 1 aliphatic rings. The highest BCUT2D eigenvalue weighted by Crippen LogP contribution is 2.38. The fourth-order valence-corrected chi connectivity index (χ4v) is 2.49. The molecule has 0 bridgehead atoms. The lowest BCUT2D eigenvalue weighted by atomic mass is 9.98. The van der Waals surface area contributed by atoms with Gasteiger partial charge in [0.25, 0.3) is 0 Å². The van der Waals surface area contributed by atoms with Crippen LogP contribution in [0.5, 0.6) is 11.5 Å². The van der Waals surface area contributed by atoms with Gasteiger partial charge in [0.05, 0.1) is 0 Å². The number of fused-ring (bicyclic) bond motifs is 2. The molecule has 98 valence electrons. The monoisotopic (exact) mass is 267 g/mol. The summed E-state index contributed by atoms with van der Waals surface area (Å²) in [5.74, 6) is 1.08. The topological polar surface area (TPSA) is 31.4 Å². The lowest BCUT2D eigenvalue weighted by Gasteiger charge is -2.09. The molecule has 0 N–H and O–H groups in total. The minimum atomic E-state index is -0.262. The fraction of sp³-hybridized carbons (Fsp3) is 0.0625. The summed E-state index contributed by atoms with van der Waals surface area (Å²) in [6.07, 6.45) is 3.39. The molecule has 4 heteroatoms. The van der Waals surface area contributed by atoms with Gasteiger partial charge in [0.15, 0.2) is 11.5 Å². The number of hydrogen-bond donors (Lipinski definition) is 0. The third kappa shape index (κ3) is 1.61. The summed E-state index contributed by atoms with van der Waals surface area (Å²) in [4.78, 5) is 4.07. The predicted octanol–water partition coefficient (Wildman–Crippen LogP) is 3.77. The summed E-state index contributed by atoms with van der Waals surface area (Å²) in [7, 11) is 0. The molecule has 0 atom stereocenters. The van der Waals surface area contributed by atoms with Gasteiger partial charge in [-0.1, -0.05) is 6.07 Å². The van der Waals surface area contributed by atoms with E-state index in [1.807, 2.05) is 12.1 Å². The SMILES string of the molecule is Fc1ccc2cnccc2c1-c1ccc2c(c1)OCO2. The number of ether oxygens (including phenoxy) is 2. The summed E-state index contributed by atoms with van der Waals surface area (Å²) in [6.45, 7) is 0.209. The second-order valence-corrected chi connectivity index (χ2v) is 4.59. The van der Waals surface area contributed by atoms with Crippen molar-refractivity contribution >= 4 is 10.8 Å². The molecular weight excluding hydrogens is 257 g/mol. The Morgan fingerprint density at radius 3 is 2.85 bits per heavy atom. The van der Waals surface area contributed by atoms with E-state index in [-0.39, 0.29) is 12.6 Å². The Morgan fingerprint density at radius 1 is 1.00 bits per heavy atom. The van der Waals surface area contributed by atoms with E-state index in [0.717, 1.165) is 16.3 Å². The first-order valence-electron chi connectivity index (χ1n) is 6.25. The zero-order chi connectivity index (χ0) is 13.5. The molecule has 0 spiro atoms. The second kappa shape index (κ2) is 4.20. The van der Waals surface area contributed by atoms with Crippen molar-refractivity contribution in [2.45, 2.75) is 0 Å². The van der Waals surface area contributed by atoms with Gasteiger partial charge in [0, 0.05) is 23.3 Å². The molecule has 0 saturated carbocycles. The molecule has 3 aromatic rings. The fourth-order valence-electron chi connectivity index (χ4n) is 2.49. The first-order chi connectivity index (χ1) is 9.83. The first kappa shape index (κ1) is 11.2. The molecule has 0 saturated heterocycles. The van der Waals surface area contributed by atoms with E-state index in [2.05, 4.69) is 4.98 Å². The van der Waals surface area contributed by atoms with Crippen molar-refractivity contribution in [1.29, 1.82) is 0 Å². The third-order valence-electron chi connectivity index (χ3n) is 3.43. The largest absolute Gasteiger partial charge is 0.454 e. The minimum absolute atomic E-state index is 0.209. The van der Waals surface area contributed by atoms with Gasteiger partial charge in [-0.05, 0) is 41.3 Å². The van der Waals surface area contributed by atoms with Gasteiger partial charge in [0.2, 0.25) is 6.79 Å². The quantitative estimate of drug-likeness (QED) is 0.672. The van der Waals surface area contributed by atoms with Crippen LogP contribution < -0.4 is 9.47 Å². The Hall–Kier alpha value is -2.62. The summed E-state index contributed by atoms with van der Waals surface area (Å²) in [5.41, 5.74) is 1.33. The molecule has 20 heavy (non-hydrogen) atoms. The van der Waals surface area contributed by atoms with Crippen molar-refractivity contribution in [3.8, 4) is 22.6 Å². The number of nitrogens with zero attached hydrogens (tertiary/aromatic N) is 1. The average molecular weight is 267 g/mol. The Kier molecular flexibility index (Phi) is 2.36. The molecule has 3 nitrogen and oxygen atoms in total. The number of rotatable bonds is 1. The van der Waals surface area contributed by atoms with Gasteiger partial charge in [-0.25, -0.2) is 4.39 Å². The number of hydrogen-bond acceptors (Lipinski definition) is 3. The van der Waals surface area contributed by atoms with Gasteiger partial charge in [-0.15, -0.1) is 0 Å². The number of aromatic nitrogens is 1. The van der Waals surface area contributed by atoms with Crippen LogP contribution in [0.4, 0.5) is 4.39 Å². The van der Waals surface area contributed by atoms with E-state index in [0.29, 0.717) is 17.1 Å². The van der Waals surface area contributed by atoms with Crippen molar-refractivity contribution in [2.24, 2.45) is 0 Å². The molecule has 1 aliphatic heterocycles. The van der Waals surface area contributed by atoms with E-state index < -0.39 is 0 Å². The molecule has 2 aromatic carbocycles. The molecule has 0 radical (unpaired) electrons.